The molecule has 7 heteroatoms. The Balaban J connectivity index is 1.77. The SMILES string of the molecule is NC(=S)c1cnc(Nc2nc3c(s2)CCCC3)cn1. The van der Waals surface area contributed by atoms with Gasteiger partial charge in [-0.15, -0.1) is 11.3 Å². The molecule has 0 bridgehead atoms. The van der Waals surface area contributed by atoms with Crippen LogP contribution in [-0.2, 0) is 12.8 Å². The highest BCUT2D eigenvalue weighted by molar-refractivity contribution is 7.80. The van der Waals surface area contributed by atoms with Gasteiger partial charge >= 0.3 is 0 Å². The molecule has 0 saturated carbocycles. The van der Waals surface area contributed by atoms with E-state index in [2.05, 4.69) is 20.3 Å². The molecular weight excluding hydrogens is 278 g/mol. The number of aryl methyl sites for hydroxylation is 2. The Morgan fingerprint density at radius 3 is 2.79 bits per heavy atom. The predicted molar refractivity (Wildman–Crippen MR) is 80.0 cm³/mol. The van der Waals surface area contributed by atoms with E-state index in [0.717, 1.165) is 18.0 Å². The van der Waals surface area contributed by atoms with Crippen LogP contribution < -0.4 is 11.1 Å². The van der Waals surface area contributed by atoms with E-state index in [1.165, 1.54) is 23.4 Å². The van der Waals surface area contributed by atoms with Gasteiger partial charge in [0.15, 0.2) is 10.9 Å². The fourth-order valence-electron chi connectivity index (χ4n) is 2.03. The van der Waals surface area contributed by atoms with E-state index in [9.17, 15) is 0 Å². The lowest BCUT2D eigenvalue weighted by atomic mass is 10.0. The van der Waals surface area contributed by atoms with Gasteiger partial charge in [-0.2, -0.15) is 0 Å². The van der Waals surface area contributed by atoms with Gasteiger partial charge in [-0.3, -0.25) is 0 Å². The van der Waals surface area contributed by atoms with Crippen molar-refractivity contribution in [1.29, 1.82) is 0 Å². The molecule has 98 valence electrons. The first-order valence-electron chi connectivity index (χ1n) is 6.10. The largest absolute Gasteiger partial charge is 0.388 e. The van der Waals surface area contributed by atoms with E-state index in [-0.39, 0.29) is 4.99 Å². The topological polar surface area (TPSA) is 76.7 Å². The summed E-state index contributed by atoms with van der Waals surface area (Å²) in [7, 11) is 0. The molecule has 1 aliphatic carbocycles. The second kappa shape index (κ2) is 5.18. The van der Waals surface area contributed by atoms with E-state index in [1.54, 1.807) is 23.7 Å². The zero-order chi connectivity index (χ0) is 13.2. The molecule has 2 aromatic rings. The smallest absolute Gasteiger partial charge is 0.188 e. The molecule has 5 nitrogen and oxygen atoms in total. The molecule has 0 atom stereocenters. The molecule has 1 aliphatic rings. The summed E-state index contributed by atoms with van der Waals surface area (Å²) in [5, 5.41) is 4.06. The predicted octanol–water partition coefficient (Wildman–Crippen LogP) is 2.19. The lowest BCUT2D eigenvalue weighted by Crippen LogP contribution is -2.12. The first-order valence-corrected chi connectivity index (χ1v) is 7.32. The van der Waals surface area contributed by atoms with Gasteiger partial charge in [0.25, 0.3) is 0 Å². The molecule has 0 spiro atoms. The Kier molecular flexibility index (Phi) is 3.39. The summed E-state index contributed by atoms with van der Waals surface area (Å²) < 4.78 is 0. The average Bonchev–Trinajstić information content (AvgIpc) is 2.81. The lowest BCUT2D eigenvalue weighted by Gasteiger charge is -2.06. The standard InChI is InChI=1S/C12H13N5S2/c13-11(18)8-5-15-10(6-14-8)17-12-16-7-3-1-2-4-9(7)19-12/h5-6H,1-4H2,(H2,13,18)(H,15,16,17). The number of hydrogen-bond donors (Lipinski definition) is 2. The Morgan fingerprint density at radius 2 is 2.11 bits per heavy atom. The molecule has 2 heterocycles. The van der Waals surface area contributed by atoms with Gasteiger partial charge in [-0.1, -0.05) is 12.2 Å². The van der Waals surface area contributed by atoms with Gasteiger partial charge in [-0.25, -0.2) is 15.0 Å². The highest BCUT2D eigenvalue weighted by Gasteiger charge is 2.15. The molecule has 0 unspecified atom stereocenters. The lowest BCUT2D eigenvalue weighted by molar-refractivity contribution is 0.683. The molecule has 19 heavy (non-hydrogen) atoms. The number of hydrogen-bond acceptors (Lipinski definition) is 6. The van der Waals surface area contributed by atoms with E-state index >= 15 is 0 Å². The maximum absolute atomic E-state index is 5.48. The summed E-state index contributed by atoms with van der Waals surface area (Å²) in [5.41, 5.74) is 7.24. The van der Waals surface area contributed by atoms with Crippen molar-refractivity contribution in [2.45, 2.75) is 25.7 Å². The fraction of sp³-hybridized carbons (Fsp3) is 0.333. The van der Waals surface area contributed by atoms with Crippen molar-refractivity contribution in [2.24, 2.45) is 5.73 Å². The van der Waals surface area contributed by atoms with Gasteiger partial charge in [-0.05, 0) is 25.7 Å². The van der Waals surface area contributed by atoms with Crippen molar-refractivity contribution in [3.63, 3.8) is 0 Å². The summed E-state index contributed by atoms with van der Waals surface area (Å²) in [4.78, 5) is 14.6. The number of aromatic nitrogens is 3. The number of nitrogens with one attached hydrogen (secondary N) is 1. The molecular formula is C12H13N5S2. The van der Waals surface area contributed by atoms with Gasteiger partial charge in [0.1, 0.15) is 10.7 Å². The van der Waals surface area contributed by atoms with Crippen LogP contribution in [0.1, 0.15) is 29.1 Å². The summed E-state index contributed by atoms with van der Waals surface area (Å²) in [6.07, 6.45) is 7.91. The maximum atomic E-state index is 5.48. The van der Waals surface area contributed by atoms with Crippen molar-refractivity contribution in [3.8, 4) is 0 Å². The van der Waals surface area contributed by atoms with Gasteiger partial charge in [0.2, 0.25) is 0 Å². The van der Waals surface area contributed by atoms with Crippen molar-refractivity contribution in [2.75, 3.05) is 5.32 Å². The Hall–Kier alpha value is -1.60. The van der Waals surface area contributed by atoms with Crippen LogP contribution >= 0.6 is 23.6 Å². The molecule has 3 rings (SSSR count). The number of nitrogens with two attached hydrogens (primary N) is 1. The number of anilines is 2. The number of nitrogens with zero attached hydrogens (tertiary/aromatic N) is 3. The van der Waals surface area contributed by atoms with Crippen LogP contribution in [0.15, 0.2) is 12.4 Å². The van der Waals surface area contributed by atoms with Gasteiger partial charge in [0.05, 0.1) is 18.1 Å². The minimum absolute atomic E-state index is 0.253. The highest BCUT2D eigenvalue weighted by Crippen LogP contribution is 2.30. The second-order valence-corrected chi connectivity index (χ2v) is 5.90. The van der Waals surface area contributed by atoms with Crippen LogP contribution in [0.2, 0.25) is 0 Å². The fourth-order valence-corrected chi connectivity index (χ4v) is 3.20. The van der Waals surface area contributed by atoms with E-state index < -0.39 is 0 Å². The number of thiazole rings is 1. The molecule has 2 aromatic heterocycles. The third-order valence-electron chi connectivity index (χ3n) is 2.98. The van der Waals surface area contributed by atoms with Crippen molar-refractivity contribution in [1.82, 2.24) is 15.0 Å². The molecule has 0 aliphatic heterocycles. The quantitative estimate of drug-likeness (QED) is 0.844. The molecule has 0 fully saturated rings. The van der Waals surface area contributed by atoms with E-state index in [0.29, 0.717) is 11.5 Å². The van der Waals surface area contributed by atoms with Crippen LogP contribution in [0, 0.1) is 0 Å². The Bertz CT molecular complexity index is 582. The number of thiocarbonyl (C=S) groups is 1. The van der Waals surface area contributed by atoms with Crippen molar-refractivity contribution < 1.29 is 0 Å². The number of rotatable bonds is 3. The minimum Gasteiger partial charge on any atom is -0.388 e. The van der Waals surface area contributed by atoms with E-state index in [4.69, 9.17) is 18.0 Å². The van der Waals surface area contributed by atoms with Crippen LogP contribution in [0.5, 0.6) is 0 Å². The highest BCUT2D eigenvalue weighted by atomic mass is 32.1. The molecule has 3 N–H and O–H groups in total. The summed E-state index contributed by atoms with van der Waals surface area (Å²) in [6, 6.07) is 0. The second-order valence-electron chi connectivity index (χ2n) is 4.37. The first kappa shape index (κ1) is 12.4. The van der Waals surface area contributed by atoms with Crippen LogP contribution in [0.3, 0.4) is 0 Å². The average molecular weight is 291 g/mol. The monoisotopic (exact) mass is 291 g/mol. The zero-order valence-corrected chi connectivity index (χ0v) is 11.9. The summed E-state index contributed by atoms with van der Waals surface area (Å²) in [5.74, 6) is 0.658. The normalized spacial score (nSPS) is 13.9. The first-order chi connectivity index (χ1) is 9.22. The number of fused-ring (bicyclic) bond motifs is 1. The summed E-state index contributed by atoms with van der Waals surface area (Å²) in [6.45, 7) is 0. The minimum atomic E-state index is 0.253. The van der Waals surface area contributed by atoms with E-state index in [1.807, 2.05) is 0 Å². The van der Waals surface area contributed by atoms with Crippen molar-refractivity contribution in [3.05, 3.63) is 28.7 Å². The maximum Gasteiger partial charge on any atom is 0.188 e. The Labute approximate surface area is 120 Å². The molecule has 0 amide bonds. The van der Waals surface area contributed by atoms with Crippen molar-refractivity contribution >= 4 is 39.5 Å². The third-order valence-corrected chi connectivity index (χ3v) is 4.27. The Morgan fingerprint density at radius 1 is 1.26 bits per heavy atom. The molecule has 0 aromatic carbocycles. The molecule has 0 radical (unpaired) electrons. The van der Waals surface area contributed by atoms with Crippen LogP contribution in [0.4, 0.5) is 10.9 Å². The van der Waals surface area contributed by atoms with Crippen LogP contribution in [-0.4, -0.2) is 19.9 Å². The van der Waals surface area contributed by atoms with Gasteiger partial charge in [0, 0.05) is 4.88 Å². The molecule has 0 saturated heterocycles. The third kappa shape index (κ3) is 2.71. The van der Waals surface area contributed by atoms with Crippen LogP contribution in [0.25, 0.3) is 0 Å². The summed E-state index contributed by atoms with van der Waals surface area (Å²) >= 11 is 6.54. The van der Waals surface area contributed by atoms with Gasteiger partial charge < -0.3 is 11.1 Å². The zero-order valence-electron chi connectivity index (χ0n) is 10.2.